The van der Waals surface area contributed by atoms with Crippen LogP contribution in [-0.4, -0.2) is 47.1 Å². The van der Waals surface area contributed by atoms with Crippen molar-refractivity contribution < 1.29 is 13.7 Å². The second kappa shape index (κ2) is 7.03. The molecule has 128 valence electrons. The van der Waals surface area contributed by atoms with E-state index >= 15 is 0 Å². The van der Waals surface area contributed by atoms with Crippen LogP contribution < -0.4 is 5.32 Å². The summed E-state index contributed by atoms with van der Waals surface area (Å²) in [5, 5.41) is 6.89. The molecule has 4 rings (SSSR count). The molecular formula is C17H21N3O3S. The summed E-state index contributed by atoms with van der Waals surface area (Å²) in [6, 6.07) is 5.69. The molecule has 3 heterocycles. The van der Waals surface area contributed by atoms with Crippen LogP contribution in [0.4, 0.5) is 0 Å². The van der Waals surface area contributed by atoms with Gasteiger partial charge in [-0.15, -0.1) is 0 Å². The van der Waals surface area contributed by atoms with Crippen molar-refractivity contribution in [1.29, 1.82) is 0 Å². The smallest absolute Gasteiger partial charge is 0.273 e. The zero-order valence-corrected chi connectivity index (χ0v) is 14.3. The van der Waals surface area contributed by atoms with Gasteiger partial charge in [0.1, 0.15) is 11.5 Å². The van der Waals surface area contributed by atoms with Crippen molar-refractivity contribution in [3.05, 3.63) is 41.7 Å². The van der Waals surface area contributed by atoms with E-state index in [1.165, 1.54) is 0 Å². The third kappa shape index (κ3) is 3.52. The van der Waals surface area contributed by atoms with Gasteiger partial charge in [-0.1, -0.05) is 5.16 Å². The van der Waals surface area contributed by atoms with Crippen LogP contribution in [-0.2, 0) is 0 Å². The van der Waals surface area contributed by atoms with Crippen LogP contribution in [0.2, 0.25) is 0 Å². The summed E-state index contributed by atoms with van der Waals surface area (Å²) in [6.45, 7) is 2.51. The maximum Gasteiger partial charge on any atom is 0.273 e. The van der Waals surface area contributed by atoms with E-state index in [0.717, 1.165) is 49.0 Å². The highest BCUT2D eigenvalue weighted by molar-refractivity contribution is 7.99. The van der Waals surface area contributed by atoms with Gasteiger partial charge >= 0.3 is 0 Å². The van der Waals surface area contributed by atoms with E-state index in [0.29, 0.717) is 18.2 Å². The summed E-state index contributed by atoms with van der Waals surface area (Å²) in [5.41, 5.74) is 0.365. The first-order valence-electron chi connectivity index (χ1n) is 8.41. The molecule has 2 fully saturated rings. The number of aromatic nitrogens is 1. The summed E-state index contributed by atoms with van der Waals surface area (Å²) < 4.78 is 10.9. The minimum absolute atomic E-state index is 0.0552. The van der Waals surface area contributed by atoms with Crippen LogP contribution in [0, 0.1) is 0 Å². The summed E-state index contributed by atoms with van der Waals surface area (Å²) in [4.78, 5) is 14.7. The standard InChI is InChI=1S/C17H21N3O3S/c21-17(13-10-16(23-19-13)12-3-4-12)18-11-14(15-2-1-7-22-15)20-5-8-24-9-6-20/h1-2,7,10,12,14H,3-6,8-9,11H2,(H,18,21)/t14-/m1/s1. The van der Waals surface area contributed by atoms with Gasteiger partial charge < -0.3 is 14.3 Å². The van der Waals surface area contributed by atoms with Crippen molar-refractivity contribution in [2.75, 3.05) is 31.1 Å². The molecule has 2 aliphatic rings. The minimum Gasteiger partial charge on any atom is -0.468 e. The normalized spacial score (nSPS) is 20.0. The molecule has 1 amide bonds. The molecule has 1 saturated carbocycles. The van der Waals surface area contributed by atoms with Gasteiger partial charge in [0.05, 0.1) is 12.3 Å². The highest BCUT2D eigenvalue weighted by Gasteiger charge is 2.29. The van der Waals surface area contributed by atoms with E-state index in [2.05, 4.69) is 15.4 Å². The van der Waals surface area contributed by atoms with Gasteiger partial charge in [-0.25, -0.2) is 0 Å². The van der Waals surface area contributed by atoms with Gasteiger partial charge in [-0.2, -0.15) is 11.8 Å². The fraction of sp³-hybridized carbons (Fsp3) is 0.529. The van der Waals surface area contributed by atoms with Gasteiger partial charge in [-0.05, 0) is 25.0 Å². The number of amides is 1. The lowest BCUT2D eigenvalue weighted by atomic mass is 10.1. The topological polar surface area (TPSA) is 71.5 Å². The molecule has 1 saturated heterocycles. The Bertz CT molecular complexity index is 675. The van der Waals surface area contributed by atoms with Crippen LogP contribution in [0.5, 0.6) is 0 Å². The number of furan rings is 1. The lowest BCUT2D eigenvalue weighted by molar-refractivity contribution is 0.0920. The number of hydrogen-bond donors (Lipinski definition) is 1. The predicted molar refractivity (Wildman–Crippen MR) is 91.2 cm³/mol. The molecule has 1 N–H and O–H groups in total. The first-order valence-corrected chi connectivity index (χ1v) is 9.57. The Labute approximate surface area is 144 Å². The molecule has 0 bridgehead atoms. The maximum absolute atomic E-state index is 12.4. The molecule has 1 atom stereocenters. The van der Waals surface area contributed by atoms with Crippen molar-refractivity contribution >= 4 is 17.7 Å². The largest absolute Gasteiger partial charge is 0.468 e. The highest BCUT2D eigenvalue weighted by Crippen LogP contribution is 2.40. The van der Waals surface area contributed by atoms with Gasteiger partial charge in [0.15, 0.2) is 5.69 Å². The fourth-order valence-corrected chi connectivity index (χ4v) is 3.95. The van der Waals surface area contributed by atoms with E-state index in [1.54, 1.807) is 12.3 Å². The second-order valence-electron chi connectivity index (χ2n) is 6.28. The Kier molecular flexibility index (Phi) is 4.62. The summed E-state index contributed by atoms with van der Waals surface area (Å²) in [7, 11) is 0. The lowest BCUT2D eigenvalue weighted by Crippen LogP contribution is -2.42. The van der Waals surface area contributed by atoms with Crippen LogP contribution in [0.15, 0.2) is 33.4 Å². The summed E-state index contributed by atoms with van der Waals surface area (Å²) >= 11 is 1.96. The Hall–Kier alpha value is -1.73. The highest BCUT2D eigenvalue weighted by atomic mass is 32.2. The quantitative estimate of drug-likeness (QED) is 0.866. The average Bonchev–Trinajstić information content (AvgIpc) is 3.12. The van der Waals surface area contributed by atoms with Crippen molar-refractivity contribution in [2.45, 2.75) is 24.8 Å². The molecule has 0 unspecified atom stereocenters. The SMILES string of the molecule is O=C(NC[C@H](c1ccco1)N1CCSCC1)c1cc(C2CC2)on1. The monoisotopic (exact) mass is 347 g/mol. The lowest BCUT2D eigenvalue weighted by Gasteiger charge is -2.33. The third-order valence-electron chi connectivity index (χ3n) is 4.55. The number of thioether (sulfide) groups is 1. The molecule has 7 heteroatoms. The van der Waals surface area contributed by atoms with Gasteiger partial charge in [0.25, 0.3) is 5.91 Å². The van der Waals surface area contributed by atoms with Gasteiger partial charge in [-0.3, -0.25) is 9.69 Å². The van der Waals surface area contributed by atoms with E-state index in [9.17, 15) is 4.79 Å². The zero-order chi connectivity index (χ0) is 16.4. The number of hydrogen-bond acceptors (Lipinski definition) is 6. The molecular weight excluding hydrogens is 326 g/mol. The number of nitrogens with zero attached hydrogens (tertiary/aromatic N) is 2. The molecule has 6 nitrogen and oxygen atoms in total. The van der Waals surface area contributed by atoms with Crippen molar-refractivity contribution in [1.82, 2.24) is 15.4 Å². The Morgan fingerprint density at radius 3 is 2.96 bits per heavy atom. The molecule has 2 aromatic rings. The zero-order valence-electron chi connectivity index (χ0n) is 13.4. The number of rotatable bonds is 6. The van der Waals surface area contributed by atoms with E-state index in [4.69, 9.17) is 8.94 Å². The molecule has 0 radical (unpaired) electrons. The number of nitrogens with one attached hydrogen (secondary N) is 1. The number of carbonyl (C=O) groups excluding carboxylic acids is 1. The van der Waals surface area contributed by atoms with Crippen molar-refractivity contribution in [2.24, 2.45) is 0 Å². The summed E-state index contributed by atoms with van der Waals surface area (Å²) in [5.74, 6) is 4.21. The Morgan fingerprint density at radius 2 is 2.25 bits per heavy atom. The van der Waals surface area contributed by atoms with Crippen molar-refractivity contribution in [3.63, 3.8) is 0 Å². The minimum atomic E-state index is -0.186. The molecule has 24 heavy (non-hydrogen) atoms. The van der Waals surface area contributed by atoms with E-state index in [1.807, 2.05) is 23.9 Å². The van der Waals surface area contributed by atoms with Gasteiger partial charge in [0.2, 0.25) is 0 Å². The first-order chi connectivity index (χ1) is 11.8. The Balaban J connectivity index is 1.41. The Morgan fingerprint density at radius 1 is 1.42 bits per heavy atom. The summed E-state index contributed by atoms with van der Waals surface area (Å²) in [6.07, 6.45) is 3.94. The van der Waals surface area contributed by atoms with E-state index in [-0.39, 0.29) is 11.9 Å². The first kappa shape index (κ1) is 15.8. The fourth-order valence-electron chi connectivity index (χ4n) is 3.02. The van der Waals surface area contributed by atoms with Crippen molar-refractivity contribution in [3.8, 4) is 0 Å². The molecule has 1 aliphatic heterocycles. The van der Waals surface area contributed by atoms with Crippen LogP contribution in [0.3, 0.4) is 0 Å². The number of carbonyl (C=O) groups is 1. The average molecular weight is 347 g/mol. The second-order valence-corrected chi connectivity index (χ2v) is 7.50. The predicted octanol–water partition coefficient (Wildman–Crippen LogP) is 2.66. The third-order valence-corrected chi connectivity index (χ3v) is 5.50. The van der Waals surface area contributed by atoms with E-state index < -0.39 is 0 Å². The van der Waals surface area contributed by atoms with Crippen LogP contribution in [0.1, 0.15) is 46.8 Å². The van der Waals surface area contributed by atoms with Crippen LogP contribution >= 0.6 is 11.8 Å². The molecule has 0 aromatic carbocycles. The maximum atomic E-state index is 12.4. The molecule has 1 aliphatic carbocycles. The van der Waals surface area contributed by atoms with Crippen LogP contribution in [0.25, 0.3) is 0 Å². The van der Waals surface area contributed by atoms with Gasteiger partial charge in [0, 0.05) is 43.1 Å². The molecule has 0 spiro atoms. The molecule has 2 aromatic heterocycles.